The van der Waals surface area contributed by atoms with Gasteiger partial charge in [0, 0.05) is 54.7 Å². The summed E-state index contributed by atoms with van der Waals surface area (Å²) in [4.78, 5) is 43.0. The fourth-order valence-corrected chi connectivity index (χ4v) is 6.77. The molecule has 1 N–H and O–H groups in total. The van der Waals surface area contributed by atoms with Gasteiger partial charge in [0.15, 0.2) is 17.3 Å². The minimum atomic E-state index is -0.362. The molecule has 0 saturated carbocycles. The number of hydrogen-bond donors (Lipinski definition) is 1. The zero-order chi connectivity index (χ0) is 28.7. The Bertz CT molecular complexity index is 1540. The van der Waals surface area contributed by atoms with Crippen molar-refractivity contribution < 1.29 is 29.0 Å². The van der Waals surface area contributed by atoms with Crippen LogP contribution in [0.4, 0.5) is 5.69 Å². The van der Waals surface area contributed by atoms with Gasteiger partial charge in [-0.15, -0.1) is 11.6 Å². The molecule has 0 aromatic heterocycles. The molecule has 214 valence electrons. The summed E-state index contributed by atoms with van der Waals surface area (Å²) in [7, 11) is 1.52. The summed E-state index contributed by atoms with van der Waals surface area (Å²) in [5, 5.41) is 12.3. The molecule has 3 heterocycles. The van der Waals surface area contributed by atoms with E-state index >= 15 is 0 Å². The van der Waals surface area contributed by atoms with Crippen LogP contribution in [-0.2, 0) is 16.0 Å². The van der Waals surface area contributed by atoms with Crippen molar-refractivity contribution in [2.24, 2.45) is 0 Å². The standard InChI is InChI=1S/C32H33ClN2O6/c1-40-28-15-23-19(13-27(37)24-9-4-5-11-34(24)32(23)39)14-29(28)41-12-6-10-30(38)35-18-20(17-33)31-22-8-3-2-7-21(22)26(36)16-25(31)35/h2-3,7-8,14-16,20,24,36H,4-6,9-13,17-18H2,1H3/t20-,24+/m1/s1. The van der Waals surface area contributed by atoms with Crippen molar-refractivity contribution >= 4 is 45.7 Å². The van der Waals surface area contributed by atoms with Crippen LogP contribution in [-0.4, -0.2) is 66.3 Å². The topological polar surface area (TPSA) is 96.4 Å². The Kier molecular flexibility index (Phi) is 7.51. The Labute approximate surface area is 243 Å². The van der Waals surface area contributed by atoms with Crippen LogP contribution in [0.25, 0.3) is 10.8 Å². The number of carbonyl (C=O) groups is 3. The number of benzene rings is 3. The number of hydrogen-bond acceptors (Lipinski definition) is 6. The molecule has 0 aliphatic carbocycles. The number of fused-ring (bicyclic) bond motifs is 5. The first kappa shape index (κ1) is 27.4. The van der Waals surface area contributed by atoms with Crippen LogP contribution < -0.4 is 14.4 Å². The molecule has 3 aromatic rings. The molecule has 2 amide bonds. The number of methoxy groups -OCH3 is 1. The fourth-order valence-electron chi connectivity index (χ4n) is 6.52. The SMILES string of the molecule is COc1cc2c(cc1OCCCC(=O)N1C[C@@H](CCl)c3c1cc(O)c1ccccc31)CC(=O)[C@@H]1CCCCN1C2=O. The van der Waals surface area contributed by atoms with Crippen LogP contribution >= 0.6 is 11.6 Å². The Morgan fingerprint density at radius 3 is 2.68 bits per heavy atom. The molecule has 0 bridgehead atoms. The Hall–Kier alpha value is -3.78. The van der Waals surface area contributed by atoms with E-state index in [1.165, 1.54) is 7.11 Å². The highest BCUT2D eigenvalue weighted by Crippen LogP contribution is 2.45. The van der Waals surface area contributed by atoms with Gasteiger partial charge in [-0.3, -0.25) is 14.4 Å². The molecular weight excluding hydrogens is 544 g/mol. The molecular formula is C32H33ClN2O6. The smallest absolute Gasteiger partial charge is 0.254 e. The summed E-state index contributed by atoms with van der Waals surface area (Å²) in [6.45, 7) is 1.30. The maximum atomic E-state index is 13.3. The molecule has 3 aromatic carbocycles. The van der Waals surface area contributed by atoms with Crippen molar-refractivity contribution in [2.75, 3.05) is 37.6 Å². The van der Waals surface area contributed by atoms with E-state index in [0.29, 0.717) is 60.1 Å². The monoisotopic (exact) mass is 576 g/mol. The predicted molar refractivity (Wildman–Crippen MR) is 157 cm³/mol. The number of rotatable bonds is 7. The van der Waals surface area contributed by atoms with Crippen LogP contribution in [0.2, 0.25) is 0 Å². The van der Waals surface area contributed by atoms with Gasteiger partial charge in [-0.2, -0.15) is 0 Å². The van der Waals surface area contributed by atoms with Crippen molar-refractivity contribution in [2.45, 2.75) is 50.5 Å². The van der Waals surface area contributed by atoms with Gasteiger partial charge in [0.1, 0.15) is 5.75 Å². The zero-order valence-electron chi connectivity index (χ0n) is 23.0. The van der Waals surface area contributed by atoms with Crippen molar-refractivity contribution in [3.8, 4) is 17.2 Å². The third-order valence-electron chi connectivity index (χ3n) is 8.54. The van der Waals surface area contributed by atoms with Crippen molar-refractivity contribution in [3.05, 3.63) is 59.2 Å². The summed E-state index contributed by atoms with van der Waals surface area (Å²) in [6.07, 6.45) is 3.41. The number of ether oxygens (including phenoxy) is 2. The summed E-state index contributed by atoms with van der Waals surface area (Å²) >= 11 is 6.31. The predicted octanol–water partition coefficient (Wildman–Crippen LogP) is 5.20. The summed E-state index contributed by atoms with van der Waals surface area (Å²) < 4.78 is 11.6. The lowest BCUT2D eigenvalue weighted by Gasteiger charge is -2.33. The number of piperidine rings is 1. The number of phenolic OH excluding ortho intramolecular Hbond substituents is 1. The second-order valence-corrected chi connectivity index (χ2v) is 11.3. The minimum Gasteiger partial charge on any atom is -0.507 e. The highest BCUT2D eigenvalue weighted by atomic mass is 35.5. The average molecular weight is 577 g/mol. The number of carbonyl (C=O) groups excluding carboxylic acids is 3. The summed E-state index contributed by atoms with van der Waals surface area (Å²) in [6, 6.07) is 12.3. The van der Waals surface area contributed by atoms with Gasteiger partial charge in [0.25, 0.3) is 5.91 Å². The van der Waals surface area contributed by atoms with Gasteiger partial charge < -0.3 is 24.4 Å². The number of alkyl halides is 1. The van der Waals surface area contributed by atoms with Crippen molar-refractivity contribution in [1.82, 2.24) is 4.90 Å². The first-order valence-corrected chi connectivity index (χ1v) is 14.7. The lowest BCUT2D eigenvalue weighted by atomic mass is 9.95. The van der Waals surface area contributed by atoms with Crippen LogP contribution in [0, 0.1) is 0 Å². The first-order chi connectivity index (χ1) is 19.9. The van der Waals surface area contributed by atoms with E-state index in [-0.39, 0.29) is 54.8 Å². The molecule has 9 heteroatoms. The van der Waals surface area contributed by atoms with Gasteiger partial charge in [0.2, 0.25) is 5.91 Å². The number of anilines is 1. The molecule has 0 spiro atoms. The number of ketones is 1. The third kappa shape index (κ3) is 4.88. The van der Waals surface area contributed by atoms with E-state index in [4.69, 9.17) is 21.1 Å². The molecule has 3 aliphatic heterocycles. The maximum Gasteiger partial charge on any atom is 0.254 e. The lowest BCUT2D eigenvalue weighted by molar-refractivity contribution is -0.123. The number of amides is 2. The highest BCUT2D eigenvalue weighted by Gasteiger charge is 2.37. The summed E-state index contributed by atoms with van der Waals surface area (Å²) in [5.74, 6) is 1.21. The van der Waals surface area contributed by atoms with E-state index < -0.39 is 0 Å². The molecule has 41 heavy (non-hydrogen) atoms. The van der Waals surface area contributed by atoms with Gasteiger partial charge >= 0.3 is 0 Å². The Morgan fingerprint density at radius 2 is 1.90 bits per heavy atom. The molecule has 8 nitrogen and oxygen atoms in total. The maximum absolute atomic E-state index is 13.3. The van der Waals surface area contributed by atoms with Crippen molar-refractivity contribution in [3.63, 3.8) is 0 Å². The molecule has 6 rings (SSSR count). The average Bonchev–Trinajstić information content (AvgIpc) is 3.33. The van der Waals surface area contributed by atoms with Crippen LogP contribution in [0.5, 0.6) is 17.2 Å². The number of phenols is 1. The highest BCUT2D eigenvalue weighted by molar-refractivity contribution is 6.19. The molecule has 1 fully saturated rings. The molecule has 0 unspecified atom stereocenters. The third-order valence-corrected chi connectivity index (χ3v) is 8.92. The second-order valence-electron chi connectivity index (χ2n) is 11.0. The fraction of sp³-hybridized carbons (Fsp3) is 0.406. The number of halogens is 1. The number of Topliss-reactive ketones (excluding diaryl/α,β-unsaturated/α-hetero) is 1. The van der Waals surface area contributed by atoms with E-state index in [1.807, 2.05) is 24.3 Å². The van der Waals surface area contributed by atoms with Gasteiger partial charge in [-0.25, -0.2) is 0 Å². The number of aromatic hydroxyl groups is 1. The van der Waals surface area contributed by atoms with E-state index in [9.17, 15) is 19.5 Å². The first-order valence-electron chi connectivity index (χ1n) is 14.2. The van der Waals surface area contributed by atoms with Gasteiger partial charge in [0.05, 0.1) is 25.4 Å². The van der Waals surface area contributed by atoms with E-state index in [0.717, 1.165) is 29.2 Å². The van der Waals surface area contributed by atoms with Gasteiger partial charge in [-0.1, -0.05) is 24.3 Å². The second kappa shape index (κ2) is 11.2. The summed E-state index contributed by atoms with van der Waals surface area (Å²) in [5.41, 5.74) is 2.83. The van der Waals surface area contributed by atoms with E-state index in [1.54, 1.807) is 28.0 Å². The van der Waals surface area contributed by atoms with E-state index in [2.05, 4.69) is 0 Å². The molecule has 1 saturated heterocycles. The Balaban J connectivity index is 1.15. The van der Waals surface area contributed by atoms with Crippen LogP contribution in [0.1, 0.15) is 59.5 Å². The normalized spacial score (nSPS) is 20.0. The largest absolute Gasteiger partial charge is 0.507 e. The van der Waals surface area contributed by atoms with Crippen molar-refractivity contribution in [1.29, 1.82) is 0 Å². The molecule has 3 aliphatic rings. The van der Waals surface area contributed by atoms with Crippen LogP contribution in [0.15, 0.2) is 42.5 Å². The minimum absolute atomic E-state index is 0.0215. The Morgan fingerprint density at radius 1 is 1.10 bits per heavy atom. The lowest BCUT2D eigenvalue weighted by Crippen LogP contribution is -2.46. The number of nitrogens with zero attached hydrogens (tertiary/aromatic N) is 2. The molecule has 0 radical (unpaired) electrons. The van der Waals surface area contributed by atoms with Crippen LogP contribution in [0.3, 0.4) is 0 Å². The quantitative estimate of drug-likeness (QED) is 0.307. The zero-order valence-corrected chi connectivity index (χ0v) is 23.8. The van der Waals surface area contributed by atoms with Gasteiger partial charge in [-0.05, 0) is 54.3 Å². The molecule has 2 atom stereocenters.